The molecular weight excluding hydrogens is 198 g/mol. The van der Waals surface area contributed by atoms with Crippen molar-refractivity contribution in [1.29, 1.82) is 0 Å². The lowest BCUT2D eigenvalue weighted by Gasteiger charge is -2.19. The third-order valence-corrected chi connectivity index (χ3v) is 3.41. The minimum atomic E-state index is 0.536. The van der Waals surface area contributed by atoms with Crippen LogP contribution in [0, 0.1) is 6.92 Å². The van der Waals surface area contributed by atoms with E-state index in [9.17, 15) is 0 Å². The summed E-state index contributed by atoms with van der Waals surface area (Å²) in [4.78, 5) is 0. The first-order valence-corrected chi connectivity index (χ1v) is 6.19. The number of ether oxygens (including phenoxy) is 1. The maximum atomic E-state index is 5.24. The summed E-state index contributed by atoms with van der Waals surface area (Å²) in [5.41, 5.74) is 2.77. The molecule has 1 N–H and O–H groups in total. The molecule has 1 saturated heterocycles. The van der Waals surface area contributed by atoms with E-state index in [1.165, 1.54) is 36.8 Å². The fourth-order valence-corrected chi connectivity index (χ4v) is 2.46. The van der Waals surface area contributed by atoms with Gasteiger partial charge in [0, 0.05) is 6.04 Å². The van der Waals surface area contributed by atoms with Crippen LogP contribution in [0.2, 0.25) is 0 Å². The van der Waals surface area contributed by atoms with E-state index < -0.39 is 0 Å². The maximum absolute atomic E-state index is 5.24. The molecular formula is C14H21NO. The molecule has 0 amide bonds. The lowest BCUT2D eigenvalue weighted by Crippen LogP contribution is -2.21. The second kappa shape index (κ2) is 5.35. The molecule has 1 aromatic carbocycles. The normalized spacial score (nSPS) is 21.5. The zero-order valence-corrected chi connectivity index (χ0v) is 10.3. The molecule has 0 radical (unpaired) electrons. The van der Waals surface area contributed by atoms with E-state index >= 15 is 0 Å². The summed E-state index contributed by atoms with van der Waals surface area (Å²) in [5, 5.41) is 3.64. The molecule has 1 heterocycles. The molecule has 88 valence electrons. The molecule has 16 heavy (non-hydrogen) atoms. The van der Waals surface area contributed by atoms with Crippen LogP contribution in [0.5, 0.6) is 5.75 Å². The van der Waals surface area contributed by atoms with Gasteiger partial charge in [0.15, 0.2) is 0 Å². The molecule has 1 fully saturated rings. The summed E-state index contributed by atoms with van der Waals surface area (Å²) in [6.07, 6.45) is 5.26. The van der Waals surface area contributed by atoms with Crippen LogP contribution in [0.3, 0.4) is 0 Å². The number of hydrogen-bond acceptors (Lipinski definition) is 2. The highest BCUT2D eigenvalue weighted by Crippen LogP contribution is 2.27. The van der Waals surface area contributed by atoms with Crippen LogP contribution < -0.4 is 10.1 Å². The lowest BCUT2D eigenvalue weighted by atomic mass is 9.97. The van der Waals surface area contributed by atoms with E-state index in [1.807, 2.05) is 0 Å². The Hall–Kier alpha value is -1.02. The van der Waals surface area contributed by atoms with Gasteiger partial charge in [-0.3, -0.25) is 0 Å². The molecule has 0 saturated carbocycles. The van der Waals surface area contributed by atoms with Gasteiger partial charge in [0.2, 0.25) is 0 Å². The van der Waals surface area contributed by atoms with Crippen molar-refractivity contribution in [3.8, 4) is 5.75 Å². The van der Waals surface area contributed by atoms with Gasteiger partial charge in [-0.25, -0.2) is 0 Å². The number of hydrogen-bond donors (Lipinski definition) is 1. The van der Waals surface area contributed by atoms with Crippen molar-refractivity contribution in [1.82, 2.24) is 5.32 Å². The van der Waals surface area contributed by atoms with E-state index in [0.717, 1.165) is 12.3 Å². The van der Waals surface area contributed by atoms with Crippen molar-refractivity contribution < 1.29 is 4.74 Å². The van der Waals surface area contributed by atoms with Crippen LogP contribution in [-0.2, 0) is 0 Å². The molecule has 1 aliphatic heterocycles. The summed E-state index contributed by atoms with van der Waals surface area (Å²) < 4.78 is 5.24. The largest absolute Gasteiger partial charge is 0.497 e. The minimum Gasteiger partial charge on any atom is -0.497 e. The zero-order chi connectivity index (χ0) is 11.4. The maximum Gasteiger partial charge on any atom is 0.119 e. The number of benzene rings is 1. The van der Waals surface area contributed by atoms with Crippen molar-refractivity contribution in [2.75, 3.05) is 13.7 Å². The molecule has 0 bridgehead atoms. The first-order valence-electron chi connectivity index (χ1n) is 6.19. The van der Waals surface area contributed by atoms with Gasteiger partial charge in [-0.1, -0.05) is 18.9 Å². The Kier molecular flexibility index (Phi) is 3.83. The number of aryl methyl sites for hydroxylation is 1. The highest BCUT2D eigenvalue weighted by atomic mass is 16.5. The predicted octanol–water partition coefficient (Wildman–Crippen LogP) is 3.21. The Labute approximate surface area is 98.0 Å². The van der Waals surface area contributed by atoms with Crippen LogP contribution in [0.4, 0.5) is 0 Å². The second-order valence-electron chi connectivity index (χ2n) is 4.58. The Morgan fingerprint density at radius 2 is 2.12 bits per heavy atom. The van der Waals surface area contributed by atoms with E-state index in [2.05, 4.69) is 30.4 Å². The van der Waals surface area contributed by atoms with E-state index in [4.69, 9.17) is 4.74 Å². The summed E-state index contributed by atoms with van der Waals surface area (Å²) >= 11 is 0. The summed E-state index contributed by atoms with van der Waals surface area (Å²) in [6.45, 7) is 3.32. The highest BCUT2D eigenvalue weighted by molar-refractivity contribution is 5.36. The molecule has 0 aromatic heterocycles. The lowest BCUT2D eigenvalue weighted by molar-refractivity contribution is 0.413. The molecule has 1 atom stereocenters. The molecule has 0 spiro atoms. The summed E-state index contributed by atoms with van der Waals surface area (Å²) in [6, 6.07) is 6.93. The van der Waals surface area contributed by atoms with Crippen molar-refractivity contribution in [2.24, 2.45) is 0 Å². The first-order chi connectivity index (χ1) is 7.81. The molecule has 2 nitrogen and oxygen atoms in total. The van der Waals surface area contributed by atoms with Gasteiger partial charge in [0.05, 0.1) is 7.11 Å². The van der Waals surface area contributed by atoms with E-state index in [0.29, 0.717) is 6.04 Å². The molecule has 2 heteroatoms. The monoisotopic (exact) mass is 219 g/mol. The van der Waals surface area contributed by atoms with Crippen molar-refractivity contribution in [3.63, 3.8) is 0 Å². The molecule has 0 aliphatic carbocycles. The number of nitrogens with one attached hydrogen (secondary N) is 1. The van der Waals surface area contributed by atoms with E-state index in [-0.39, 0.29) is 0 Å². The topological polar surface area (TPSA) is 21.3 Å². The molecule has 1 aliphatic rings. The fraction of sp³-hybridized carbons (Fsp3) is 0.571. The quantitative estimate of drug-likeness (QED) is 0.824. The zero-order valence-electron chi connectivity index (χ0n) is 10.3. The molecule has 2 rings (SSSR count). The Bertz CT molecular complexity index is 341. The average Bonchev–Trinajstić information content (AvgIpc) is 2.57. The van der Waals surface area contributed by atoms with Crippen LogP contribution in [0.15, 0.2) is 18.2 Å². The summed E-state index contributed by atoms with van der Waals surface area (Å²) in [7, 11) is 1.72. The second-order valence-corrected chi connectivity index (χ2v) is 4.58. The van der Waals surface area contributed by atoms with Gasteiger partial charge in [0.25, 0.3) is 0 Å². The first kappa shape index (κ1) is 11.5. The molecule has 0 unspecified atom stereocenters. The van der Waals surface area contributed by atoms with Gasteiger partial charge >= 0.3 is 0 Å². The van der Waals surface area contributed by atoms with Crippen molar-refractivity contribution >= 4 is 0 Å². The minimum absolute atomic E-state index is 0.536. The van der Waals surface area contributed by atoms with Crippen molar-refractivity contribution in [2.45, 2.75) is 38.6 Å². The standard InChI is InChI=1S/C14H21NO/c1-11-10-12(16-2)7-8-13(11)14-6-4-3-5-9-15-14/h7-8,10,14-15H,3-6,9H2,1-2H3/t14-/m0/s1. The van der Waals surface area contributed by atoms with Crippen molar-refractivity contribution in [3.05, 3.63) is 29.3 Å². The smallest absolute Gasteiger partial charge is 0.119 e. The van der Waals surface area contributed by atoms with Gasteiger partial charge in [-0.2, -0.15) is 0 Å². The molecule has 1 aromatic rings. The van der Waals surface area contributed by atoms with Gasteiger partial charge in [-0.15, -0.1) is 0 Å². The van der Waals surface area contributed by atoms with E-state index in [1.54, 1.807) is 7.11 Å². The Morgan fingerprint density at radius 3 is 2.88 bits per heavy atom. The SMILES string of the molecule is COc1ccc([C@@H]2CCCCCN2)c(C)c1. The van der Waals surface area contributed by atoms with Gasteiger partial charge in [0.1, 0.15) is 5.75 Å². The Balaban J connectivity index is 2.18. The Morgan fingerprint density at radius 1 is 1.25 bits per heavy atom. The van der Waals surface area contributed by atoms with Crippen LogP contribution >= 0.6 is 0 Å². The number of rotatable bonds is 2. The van der Waals surface area contributed by atoms with Gasteiger partial charge in [-0.05, 0) is 49.6 Å². The number of methoxy groups -OCH3 is 1. The fourth-order valence-electron chi connectivity index (χ4n) is 2.46. The van der Waals surface area contributed by atoms with Crippen LogP contribution in [-0.4, -0.2) is 13.7 Å². The average molecular weight is 219 g/mol. The summed E-state index contributed by atoms with van der Waals surface area (Å²) in [5.74, 6) is 0.954. The van der Waals surface area contributed by atoms with Crippen LogP contribution in [0.1, 0.15) is 42.9 Å². The highest BCUT2D eigenvalue weighted by Gasteiger charge is 2.15. The third kappa shape index (κ3) is 2.56. The van der Waals surface area contributed by atoms with Gasteiger partial charge < -0.3 is 10.1 Å². The third-order valence-electron chi connectivity index (χ3n) is 3.41. The van der Waals surface area contributed by atoms with Crippen LogP contribution in [0.25, 0.3) is 0 Å². The predicted molar refractivity (Wildman–Crippen MR) is 66.9 cm³/mol.